The van der Waals surface area contributed by atoms with Crippen molar-refractivity contribution >= 4 is 0 Å². The number of H-pyrrole nitrogens is 1. The first-order valence-electron chi connectivity index (χ1n) is 5.77. The molecule has 0 spiro atoms. The number of hydrogen-bond donors (Lipinski definition) is 2. The predicted octanol–water partition coefficient (Wildman–Crippen LogP) is -0.105. The molecule has 0 aliphatic heterocycles. The Hall–Kier alpha value is -2.58. The van der Waals surface area contributed by atoms with Crippen LogP contribution in [0.2, 0.25) is 0 Å². The number of aromatic amines is 1. The fraction of sp³-hybridized carbons (Fsp3) is 0.143. The van der Waals surface area contributed by atoms with Crippen molar-refractivity contribution in [2.45, 2.75) is 6.54 Å². The fourth-order valence-corrected chi connectivity index (χ4v) is 1.66. The van der Waals surface area contributed by atoms with E-state index in [2.05, 4.69) is 16.9 Å². The van der Waals surface area contributed by atoms with Crippen molar-refractivity contribution in [1.82, 2.24) is 9.78 Å². The van der Waals surface area contributed by atoms with E-state index in [0.717, 1.165) is 11.1 Å². The van der Waals surface area contributed by atoms with Crippen LogP contribution in [0.5, 0.6) is 0 Å². The zero-order valence-electron chi connectivity index (χ0n) is 10.2. The molecule has 0 saturated carbocycles. The van der Waals surface area contributed by atoms with E-state index in [1.807, 2.05) is 24.3 Å². The van der Waals surface area contributed by atoms with Gasteiger partial charge in [0, 0.05) is 17.7 Å². The SMILES string of the molecule is NCC#Cc1cccc(Cn2[nH]c(=O)ccc2=O)c1. The summed E-state index contributed by atoms with van der Waals surface area (Å²) in [5.74, 6) is 5.69. The van der Waals surface area contributed by atoms with Gasteiger partial charge in [0.05, 0.1) is 13.1 Å². The molecule has 0 radical (unpaired) electrons. The van der Waals surface area contributed by atoms with Gasteiger partial charge in [-0.05, 0) is 17.7 Å². The van der Waals surface area contributed by atoms with Crippen molar-refractivity contribution in [2.75, 3.05) is 6.54 Å². The predicted molar refractivity (Wildman–Crippen MR) is 72.8 cm³/mol. The van der Waals surface area contributed by atoms with Crippen molar-refractivity contribution in [3.63, 3.8) is 0 Å². The maximum absolute atomic E-state index is 11.6. The van der Waals surface area contributed by atoms with E-state index in [4.69, 9.17) is 5.73 Å². The average molecular weight is 255 g/mol. The van der Waals surface area contributed by atoms with Crippen LogP contribution in [0.1, 0.15) is 11.1 Å². The molecular formula is C14H13N3O2. The van der Waals surface area contributed by atoms with Gasteiger partial charge in [-0.3, -0.25) is 14.7 Å². The standard InChI is InChI=1S/C14H13N3O2/c15-8-2-5-11-3-1-4-12(9-11)10-17-14(19)7-6-13(18)16-17/h1,3-4,6-7,9H,8,10,15H2,(H,16,18). The Kier molecular flexibility index (Phi) is 3.96. The Morgan fingerprint density at radius 2 is 2.05 bits per heavy atom. The van der Waals surface area contributed by atoms with Crippen LogP contribution in [0.15, 0.2) is 46.0 Å². The van der Waals surface area contributed by atoms with Gasteiger partial charge in [-0.1, -0.05) is 24.0 Å². The Bertz CT molecular complexity index is 747. The lowest BCUT2D eigenvalue weighted by atomic mass is 10.1. The summed E-state index contributed by atoms with van der Waals surface area (Å²) in [6.45, 7) is 0.600. The van der Waals surface area contributed by atoms with Gasteiger partial charge in [0.2, 0.25) is 0 Å². The Balaban J connectivity index is 2.31. The molecule has 0 atom stereocenters. The molecule has 0 saturated heterocycles. The van der Waals surface area contributed by atoms with Crippen LogP contribution in [0.3, 0.4) is 0 Å². The van der Waals surface area contributed by atoms with E-state index in [0.29, 0.717) is 13.1 Å². The third kappa shape index (κ3) is 3.44. The minimum Gasteiger partial charge on any atom is -0.320 e. The Labute approximate surface area is 109 Å². The molecule has 3 N–H and O–H groups in total. The summed E-state index contributed by atoms with van der Waals surface area (Å²) in [6.07, 6.45) is 0. The van der Waals surface area contributed by atoms with Gasteiger partial charge in [-0.15, -0.1) is 0 Å². The van der Waals surface area contributed by atoms with Gasteiger partial charge in [0.25, 0.3) is 11.1 Å². The van der Waals surface area contributed by atoms with Crippen LogP contribution in [-0.2, 0) is 6.54 Å². The first kappa shape index (κ1) is 12.9. The largest absolute Gasteiger partial charge is 0.320 e. The molecule has 0 unspecified atom stereocenters. The van der Waals surface area contributed by atoms with Gasteiger partial charge < -0.3 is 5.73 Å². The molecular weight excluding hydrogens is 242 g/mol. The van der Waals surface area contributed by atoms with Crippen molar-refractivity contribution in [2.24, 2.45) is 5.73 Å². The second kappa shape index (κ2) is 5.85. The number of nitrogens with two attached hydrogens (primary N) is 1. The molecule has 0 fully saturated rings. The smallest absolute Gasteiger partial charge is 0.265 e. The summed E-state index contributed by atoms with van der Waals surface area (Å²) in [4.78, 5) is 22.8. The van der Waals surface area contributed by atoms with Crippen LogP contribution in [0.4, 0.5) is 0 Å². The highest BCUT2D eigenvalue weighted by atomic mass is 16.1. The minimum atomic E-state index is -0.307. The summed E-state index contributed by atoms with van der Waals surface area (Å²) < 4.78 is 1.26. The highest BCUT2D eigenvalue weighted by Gasteiger charge is 1.99. The second-order valence-electron chi connectivity index (χ2n) is 3.94. The number of aromatic nitrogens is 2. The van der Waals surface area contributed by atoms with E-state index in [1.165, 1.54) is 16.8 Å². The minimum absolute atomic E-state index is 0.252. The van der Waals surface area contributed by atoms with Crippen LogP contribution in [0.25, 0.3) is 0 Å². The first-order valence-corrected chi connectivity index (χ1v) is 5.77. The van der Waals surface area contributed by atoms with E-state index in [9.17, 15) is 9.59 Å². The molecule has 96 valence electrons. The van der Waals surface area contributed by atoms with E-state index < -0.39 is 0 Å². The van der Waals surface area contributed by atoms with Crippen LogP contribution in [-0.4, -0.2) is 16.3 Å². The molecule has 1 aromatic carbocycles. The zero-order valence-corrected chi connectivity index (χ0v) is 10.2. The van der Waals surface area contributed by atoms with Gasteiger partial charge in [-0.2, -0.15) is 0 Å². The molecule has 1 aromatic heterocycles. The normalized spacial score (nSPS) is 9.74. The lowest BCUT2D eigenvalue weighted by molar-refractivity contribution is 0.627. The van der Waals surface area contributed by atoms with Crippen molar-refractivity contribution in [3.8, 4) is 11.8 Å². The quantitative estimate of drug-likeness (QED) is 0.735. The van der Waals surface area contributed by atoms with Gasteiger partial charge >= 0.3 is 0 Å². The summed E-state index contributed by atoms with van der Waals surface area (Å²) in [6, 6.07) is 9.90. The number of rotatable bonds is 2. The van der Waals surface area contributed by atoms with Gasteiger partial charge in [0.15, 0.2) is 0 Å². The molecule has 19 heavy (non-hydrogen) atoms. The average Bonchev–Trinajstić information content (AvgIpc) is 2.41. The van der Waals surface area contributed by atoms with Crippen molar-refractivity contribution in [1.29, 1.82) is 0 Å². The highest BCUT2D eigenvalue weighted by Crippen LogP contribution is 2.04. The number of nitrogens with zero attached hydrogens (tertiary/aromatic N) is 1. The monoisotopic (exact) mass is 255 g/mol. The summed E-state index contributed by atoms with van der Waals surface area (Å²) >= 11 is 0. The summed E-state index contributed by atoms with van der Waals surface area (Å²) in [5, 5.41) is 2.48. The van der Waals surface area contributed by atoms with Crippen LogP contribution in [0, 0.1) is 11.8 Å². The molecule has 0 aliphatic carbocycles. The Morgan fingerprint density at radius 3 is 2.84 bits per heavy atom. The lowest BCUT2D eigenvalue weighted by Crippen LogP contribution is -2.28. The third-order valence-corrected chi connectivity index (χ3v) is 2.49. The summed E-state index contributed by atoms with van der Waals surface area (Å²) in [5.41, 5.74) is 6.47. The van der Waals surface area contributed by atoms with E-state index >= 15 is 0 Å². The van der Waals surface area contributed by atoms with Gasteiger partial charge in [-0.25, -0.2) is 4.68 Å². The summed E-state index contributed by atoms with van der Waals surface area (Å²) in [7, 11) is 0. The maximum Gasteiger partial charge on any atom is 0.265 e. The number of nitrogens with one attached hydrogen (secondary N) is 1. The van der Waals surface area contributed by atoms with Crippen molar-refractivity contribution in [3.05, 3.63) is 68.2 Å². The molecule has 1 heterocycles. The van der Waals surface area contributed by atoms with Crippen LogP contribution >= 0.6 is 0 Å². The fourth-order valence-electron chi connectivity index (χ4n) is 1.66. The topological polar surface area (TPSA) is 80.9 Å². The van der Waals surface area contributed by atoms with E-state index in [-0.39, 0.29) is 11.1 Å². The lowest BCUT2D eigenvalue weighted by Gasteiger charge is -2.05. The van der Waals surface area contributed by atoms with E-state index in [1.54, 1.807) is 0 Å². The van der Waals surface area contributed by atoms with Crippen molar-refractivity contribution < 1.29 is 0 Å². The molecule has 2 rings (SSSR count). The molecule has 0 amide bonds. The Morgan fingerprint density at radius 1 is 1.21 bits per heavy atom. The molecule has 5 heteroatoms. The zero-order chi connectivity index (χ0) is 13.7. The maximum atomic E-state index is 11.6. The second-order valence-corrected chi connectivity index (χ2v) is 3.94. The van der Waals surface area contributed by atoms with Crippen LogP contribution < -0.4 is 16.9 Å². The number of benzene rings is 1. The highest BCUT2D eigenvalue weighted by molar-refractivity contribution is 5.37. The number of hydrogen-bond acceptors (Lipinski definition) is 3. The van der Waals surface area contributed by atoms with Gasteiger partial charge in [0.1, 0.15) is 0 Å². The molecule has 2 aromatic rings. The molecule has 0 aliphatic rings. The molecule has 0 bridgehead atoms. The molecule has 5 nitrogen and oxygen atoms in total. The first-order chi connectivity index (χ1) is 9.19. The third-order valence-electron chi connectivity index (χ3n) is 2.49.